The molecule has 1 heterocycles. The Morgan fingerprint density at radius 3 is 2.71 bits per heavy atom. The number of ether oxygens (including phenoxy) is 2. The number of amides is 1. The highest BCUT2D eigenvalue weighted by atomic mass is 35.7. The van der Waals surface area contributed by atoms with E-state index in [4.69, 9.17) is 20.2 Å². The lowest BCUT2D eigenvalue weighted by molar-refractivity contribution is 0.0911. The summed E-state index contributed by atoms with van der Waals surface area (Å²) in [7, 11) is 2.94. The molecule has 0 spiro atoms. The second-order valence-corrected chi connectivity index (χ2v) is 6.70. The topological polar surface area (TPSA) is 86.6 Å². The molecule has 9 heteroatoms. The predicted molar refractivity (Wildman–Crippen MR) is 78.2 cm³/mol. The van der Waals surface area contributed by atoms with Gasteiger partial charge in [-0.05, 0) is 13.0 Å². The van der Waals surface area contributed by atoms with Crippen LogP contribution in [0.25, 0.3) is 0 Å². The molecule has 0 aliphatic carbocycles. The van der Waals surface area contributed by atoms with E-state index in [1.165, 1.54) is 23.9 Å². The van der Waals surface area contributed by atoms with Gasteiger partial charge in [-0.2, -0.15) is 0 Å². The Balaban J connectivity index is 2.86. The minimum absolute atomic E-state index is 0.116. The molecule has 1 amide bonds. The minimum atomic E-state index is -3.89. The highest BCUT2D eigenvalue weighted by molar-refractivity contribution is 8.13. The fourth-order valence-electron chi connectivity index (χ4n) is 1.65. The van der Waals surface area contributed by atoms with Crippen molar-refractivity contribution < 1.29 is 22.7 Å². The number of carbonyl (C=O) groups is 1. The molecule has 21 heavy (non-hydrogen) atoms. The number of nitrogens with one attached hydrogen (secondary N) is 1. The van der Waals surface area contributed by atoms with Gasteiger partial charge in [0.05, 0.1) is 13.2 Å². The van der Waals surface area contributed by atoms with Crippen LogP contribution in [0.15, 0.2) is 17.2 Å². The molecule has 1 aromatic heterocycles. The van der Waals surface area contributed by atoms with E-state index in [-0.39, 0.29) is 10.6 Å². The average molecular weight is 339 g/mol. The Labute approximate surface area is 128 Å². The quantitative estimate of drug-likeness (QED) is 0.532. The second-order valence-electron chi connectivity index (χ2n) is 4.14. The number of methoxy groups -OCH3 is 1. The lowest BCUT2D eigenvalue weighted by Crippen LogP contribution is -2.29. The van der Waals surface area contributed by atoms with Crippen LogP contribution in [0, 0.1) is 0 Å². The number of nitrogens with zero attached hydrogens (tertiary/aromatic N) is 1. The highest BCUT2D eigenvalue weighted by Gasteiger charge is 2.19. The van der Waals surface area contributed by atoms with Crippen LogP contribution >= 0.6 is 10.7 Å². The summed E-state index contributed by atoms with van der Waals surface area (Å²) in [5.41, 5.74) is 0.211. The van der Waals surface area contributed by atoms with Crippen molar-refractivity contribution in [2.75, 3.05) is 33.5 Å². The summed E-state index contributed by atoms with van der Waals surface area (Å²) in [6.45, 7) is 3.84. The lowest BCUT2D eigenvalue weighted by atomic mass is 10.4. The molecule has 0 fully saturated rings. The van der Waals surface area contributed by atoms with Crippen molar-refractivity contribution in [1.29, 1.82) is 0 Å². The third-order valence-electron chi connectivity index (χ3n) is 2.66. The number of aromatic nitrogens is 1. The van der Waals surface area contributed by atoms with Gasteiger partial charge in [0, 0.05) is 43.7 Å². The smallest absolute Gasteiger partial charge is 0.268 e. The van der Waals surface area contributed by atoms with E-state index in [9.17, 15) is 13.2 Å². The van der Waals surface area contributed by atoms with Crippen LogP contribution in [0.5, 0.6) is 0 Å². The Morgan fingerprint density at radius 2 is 2.14 bits per heavy atom. The lowest BCUT2D eigenvalue weighted by Gasteiger charge is -2.09. The highest BCUT2D eigenvalue weighted by Crippen LogP contribution is 2.18. The summed E-state index contributed by atoms with van der Waals surface area (Å²) in [6.07, 6.45) is 1.32. The molecule has 0 aliphatic rings. The van der Waals surface area contributed by atoms with E-state index in [1.807, 2.05) is 6.92 Å². The molecular weight excluding hydrogens is 320 g/mol. The summed E-state index contributed by atoms with van der Waals surface area (Å²) in [5.74, 6) is -0.391. The Morgan fingerprint density at radius 1 is 1.43 bits per heavy atom. The summed E-state index contributed by atoms with van der Waals surface area (Å²) < 4.78 is 34.3. The van der Waals surface area contributed by atoms with Crippen LogP contribution in [0.1, 0.15) is 17.4 Å². The Kier molecular flexibility index (Phi) is 7.16. The van der Waals surface area contributed by atoms with Gasteiger partial charge in [-0.25, -0.2) is 8.42 Å². The third kappa shape index (κ3) is 5.66. The van der Waals surface area contributed by atoms with E-state index < -0.39 is 15.0 Å². The molecule has 0 bridgehead atoms. The standard InChI is InChI=1S/C12H19ClN2O5S/c1-3-20-6-4-14-12(16)11-8-10(21(13,17)18)9-15(11)5-7-19-2/h8-9H,3-7H2,1-2H3,(H,14,16). The molecule has 1 aromatic rings. The third-order valence-corrected chi connectivity index (χ3v) is 3.98. The van der Waals surface area contributed by atoms with Gasteiger partial charge in [-0.1, -0.05) is 0 Å². The number of hydrogen-bond acceptors (Lipinski definition) is 5. The molecule has 1 rings (SSSR count). The number of hydrogen-bond donors (Lipinski definition) is 1. The summed E-state index contributed by atoms with van der Waals surface area (Å²) >= 11 is 0. The first kappa shape index (κ1) is 18.0. The van der Waals surface area contributed by atoms with Gasteiger partial charge in [0.2, 0.25) is 0 Å². The molecule has 7 nitrogen and oxygen atoms in total. The number of rotatable bonds is 9. The number of halogens is 1. The summed E-state index contributed by atoms with van der Waals surface area (Å²) in [4.78, 5) is 12.0. The molecule has 0 unspecified atom stereocenters. The molecule has 1 N–H and O–H groups in total. The van der Waals surface area contributed by atoms with Crippen LogP contribution in [0.4, 0.5) is 0 Å². The normalized spacial score (nSPS) is 11.6. The van der Waals surface area contributed by atoms with Crippen LogP contribution in [-0.2, 0) is 25.1 Å². The molecular formula is C12H19ClN2O5S. The van der Waals surface area contributed by atoms with Gasteiger partial charge < -0.3 is 19.4 Å². The van der Waals surface area contributed by atoms with Gasteiger partial charge in [0.25, 0.3) is 15.0 Å². The maximum atomic E-state index is 12.1. The molecule has 0 radical (unpaired) electrons. The average Bonchev–Trinajstić information content (AvgIpc) is 2.85. The molecule has 0 aliphatic heterocycles. The van der Waals surface area contributed by atoms with E-state index in [0.29, 0.717) is 32.9 Å². The van der Waals surface area contributed by atoms with Crippen LogP contribution in [-0.4, -0.2) is 52.4 Å². The van der Waals surface area contributed by atoms with Gasteiger partial charge in [0.1, 0.15) is 10.6 Å². The zero-order chi connectivity index (χ0) is 15.9. The van der Waals surface area contributed by atoms with Crippen molar-refractivity contribution >= 4 is 25.6 Å². The van der Waals surface area contributed by atoms with Crippen molar-refractivity contribution in [3.63, 3.8) is 0 Å². The van der Waals surface area contributed by atoms with E-state index >= 15 is 0 Å². The van der Waals surface area contributed by atoms with Gasteiger partial charge in [-0.15, -0.1) is 0 Å². The van der Waals surface area contributed by atoms with Crippen molar-refractivity contribution in [3.8, 4) is 0 Å². The maximum Gasteiger partial charge on any atom is 0.268 e. The summed E-state index contributed by atoms with van der Waals surface area (Å²) in [6, 6.07) is 1.24. The molecule has 0 atom stereocenters. The molecule has 0 saturated carbocycles. The zero-order valence-corrected chi connectivity index (χ0v) is 13.5. The Bertz CT molecular complexity index is 570. The summed E-state index contributed by atoms with van der Waals surface area (Å²) in [5, 5.41) is 2.65. The van der Waals surface area contributed by atoms with Crippen molar-refractivity contribution in [3.05, 3.63) is 18.0 Å². The Hall–Kier alpha value is -1.09. The largest absolute Gasteiger partial charge is 0.383 e. The molecule has 0 aromatic carbocycles. The van der Waals surface area contributed by atoms with Crippen LogP contribution in [0.2, 0.25) is 0 Å². The van der Waals surface area contributed by atoms with E-state index in [0.717, 1.165) is 0 Å². The van der Waals surface area contributed by atoms with Crippen molar-refractivity contribution in [1.82, 2.24) is 9.88 Å². The number of carbonyl (C=O) groups excluding carboxylic acids is 1. The van der Waals surface area contributed by atoms with Crippen LogP contribution in [0.3, 0.4) is 0 Å². The van der Waals surface area contributed by atoms with Gasteiger partial charge in [0.15, 0.2) is 0 Å². The fourth-order valence-corrected chi connectivity index (χ4v) is 2.41. The first-order valence-electron chi connectivity index (χ1n) is 6.39. The SMILES string of the molecule is CCOCCNC(=O)c1cc(S(=O)(=O)Cl)cn1CCOC. The second kappa shape index (κ2) is 8.38. The maximum absolute atomic E-state index is 12.1. The molecule has 120 valence electrons. The van der Waals surface area contributed by atoms with Gasteiger partial charge in [-0.3, -0.25) is 4.79 Å². The van der Waals surface area contributed by atoms with E-state index in [2.05, 4.69) is 5.32 Å². The van der Waals surface area contributed by atoms with Crippen LogP contribution < -0.4 is 5.32 Å². The van der Waals surface area contributed by atoms with Crippen molar-refractivity contribution in [2.24, 2.45) is 0 Å². The minimum Gasteiger partial charge on any atom is -0.383 e. The van der Waals surface area contributed by atoms with Gasteiger partial charge >= 0.3 is 0 Å². The molecule has 0 saturated heterocycles. The fraction of sp³-hybridized carbons (Fsp3) is 0.583. The zero-order valence-electron chi connectivity index (χ0n) is 12.0. The van der Waals surface area contributed by atoms with E-state index in [1.54, 1.807) is 0 Å². The first-order chi connectivity index (χ1) is 9.90. The first-order valence-corrected chi connectivity index (χ1v) is 8.70. The van der Waals surface area contributed by atoms with Crippen molar-refractivity contribution in [2.45, 2.75) is 18.4 Å². The monoisotopic (exact) mass is 338 g/mol. The predicted octanol–water partition coefficient (Wildman–Crippen LogP) is 0.828.